The van der Waals surface area contributed by atoms with Gasteiger partial charge in [0.25, 0.3) is 17.7 Å². The first-order valence-electron chi connectivity index (χ1n) is 11.1. The molecule has 2 aliphatic heterocycles. The van der Waals surface area contributed by atoms with Crippen molar-refractivity contribution >= 4 is 29.1 Å². The number of nitrogens with one attached hydrogen (secondary N) is 1. The van der Waals surface area contributed by atoms with Crippen molar-refractivity contribution in [1.82, 2.24) is 15.1 Å². The fourth-order valence-electron chi connectivity index (χ4n) is 4.49. The second kappa shape index (κ2) is 8.92. The second-order valence-corrected chi connectivity index (χ2v) is 9.59. The van der Waals surface area contributed by atoms with Gasteiger partial charge < -0.3 is 5.32 Å². The number of rotatable bonds is 6. The molecule has 1 aromatic heterocycles. The van der Waals surface area contributed by atoms with Gasteiger partial charge in [0.05, 0.1) is 17.7 Å². The molecule has 1 atom stereocenters. The van der Waals surface area contributed by atoms with Crippen LogP contribution in [0.5, 0.6) is 0 Å². The molecular formula is C26H25N3O3S. The number of hydrogen-bond acceptors (Lipinski definition) is 5. The summed E-state index contributed by atoms with van der Waals surface area (Å²) in [5.41, 5.74) is 3.52. The van der Waals surface area contributed by atoms with Crippen LogP contribution in [0.3, 0.4) is 0 Å². The predicted octanol–water partition coefficient (Wildman–Crippen LogP) is 3.72. The van der Waals surface area contributed by atoms with E-state index in [1.807, 2.05) is 17.4 Å². The SMILES string of the molecule is CC(CNC(=O)c1cccc(CN2C(=O)c3ccccc3C2=O)c1)N1CCc2sccc2C1. The van der Waals surface area contributed by atoms with Gasteiger partial charge in [0.1, 0.15) is 0 Å². The monoisotopic (exact) mass is 459 g/mol. The van der Waals surface area contributed by atoms with Crippen LogP contribution in [0.15, 0.2) is 60.0 Å². The number of thiophene rings is 1. The van der Waals surface area contributed by atoms with Crippen LogP contribution in [0.2, 0.25) is 0 Å². The molecule has 5 rings (SSSR count). The molecule has 0 spiro atoms. The maximum absolute atomic E-state index is 12.8. The zero-order valence-corrected chi connectivity index (χ0v) is 19.2. The van der Waals surface area contributed by atoms with Crippen LogP contribution in [0.1, 0.15) is 54.0 Å². The smallest absolute Gasteiger partial charge is 0.261 e. The van der Waals surface area contributed by atoms with Crippen LogP contribution >= 0.6 is 11.3 Å². The van der Waals surface area contributed by atoms with Crippen LogP contribution in [-0.2, 0) is 19.5 Å². The average Bonchev–Trinajstić information content (AvgIpc) is 3.41. The number of hydrogen-bond donors (Lipinski definition) is 1. The molecule has 0 fully saturated rings. The molecule has 0 bridgehead atoms. The zero-order chi connectivity index (χ0) is 22.9. The average molecular weight is 460 g/mol. The van der Waals surface area contributed by atoms with Gasteiger partial charge in [0.15, 0.2) is 0 Å². The Morgan fingerprint density at radius 1 is 1.06 bits per heavy atom. The van der Waals surface area contributed by atoms with Gasteiger partial charge in [-0.05, 0) is 60.2 Å². The maximum Gasteiger partial charge on any atom is 0.261 e. The topological polar surface area (TPSA) is 69.7 Å². The Hall–Kier alpha value is -3.29. The minimum atomic E-state index is -0.297. The lowest BCUT2D eigenvalue weighted by molar-refractivity contribution is 0.0642. The molecule has 6 nitrogen and oxygen atoms in total. The van der Waals surface area contributed by atoms with E-state index in [0.717, 1.165) is 25.1 Å². The molecule has 7 heteroatoms. The highest BCUT2D eigenvalue weighted by Crippen LogP contribution is 2.26. The number of carbonyl (C=O) groups excluding carboxylic acids is 3. The van der Waals surface area contributed by atoms with E-state index in [0.29, 0.717) is 23.2 Å². The highest BCUT2D eigenvalue weighted by molar-refractivity contribution is 7.10. The van der Waals surface area contributed by atoms with Crippen LogP contribution in [0.4, 0.5) is 0 Å². The summed E-state index contributed by atoms with van der Waals surface area (Å²) in [4.78, 5) is 43.2. The summed E-state index contributed by atoms with van der Waals surface area (Å²) in [5, 5.41) is 5.19. The minimum absolute atomic E-state index is 0.140. The van der Waals surface area contributed by atoms with Crippen LogP contribution in [-0.4, -0.2) is 46.7 Å². The van der Waals surface area contributed by atoms with E-state index >= 15 is 0 Å². The summed E-state index contributed by atoms with van der Waals surface area (Å²) in [5.74, 6) is -0.747. The zero-order valence-electron chi connectivity index (χ0n) is 18.4. The third kappa shape index (κ3) is 4.21. The van der Waals surface area contributed by atoms with Gasteiger partial charge in [0, 0.05) is 36.1 Å². The van der Waals surface area contributed by atoms with Crippen molar-refractivity contribution in [1.29, 1.82) is 0 Å². The molecule has 0 saturated carbocycles. The summed E-state index contributed by atoms with van der Waals surface area (Å²) in [7, 11) is 0. The highest BCUT2D eigenvalue weighted by Gasteiger charge is 2.35. The molecule has 0 aliphatic carbocycles. The Kier molecular flexibility index (Phi) is 5.83. The maximum atomic E-state index is 12.8. The third-order valence-electron chi connectivity index (χ3n) is 6.43. The number of fused-ring (bicyclic) bond motifs is 2. The Balaban J connectivity index is 1.20. The number of carbonyl (C=O) groups is 3. The van der Waals surface area contributed by atoms with E-state index in [-0.39, 0.29) is 30.3 Å². The Morgan fingerprint density at radius 2 is 1.82 bits per heavy atom. The molecule has 0 radical (unpaired) electrons. The Labute approximate surface area is 196 Å². The molecule has 33 heavy (non-hydrogen) atoms. The van der Waals surface area contributed by atoms with Gasteiger partial charge in [-0.15, -0.1) is 11.3 Å². The van der Waals surface area contributed by atoms with Gasteiger partial charge >= 0.3 is 0 Å². The van der Waals surface area contributed by atoms with E-state index in [1.165, 1.54) is 15.3 Å². The van der Waals surface area contributed by atoms with Crippen molar-refractivity contribution in [2.24, 2.45) is 0 Å². The quantitative estimate of drug-likeness (QED) is 0.571. The van der Waals surface area contributed by atoms with Crippen molar-refractivity contribution in [3.63, 3.8) is 0 Å². The first kappa shape index (κ1) is 21.6. The molecule has 168 valence electrons. The fourth-order valence-corrected chi connectivity index (χ4v) is 5.38. The largest absolute Gasteiger partial charge is 0.350 e. The van der Waals surface area contributed by atoms with Crippen molar-refractivity contribution in [3.8, 4) is 0 Å². The van der Waals surface area contributed by atoms with Crippen molar-refractivity contribution in [2.45, 2.75) is 32.5 Å². The van der Waals surface area contributed by atoms with Crippen LogP contribution in [0, 0.1) is 0 Å². The van der Waals surface area contributed by atoms with E-state index < -0.39 is 0 Å². The Bertz CT molecular complexity index is 1200. The molecule has 1 unspecified atom stereocenters. The third-order valence-corrected chi connectivity index (χ3v) is 7.45. The molecule has 0 saturated heterocycles. The van der Waals surface area contributed by atoms with E-state index in [2.05, 4.69) is 28.6 Å². The first-order chi connectivity index (χ1) is 16.0. The molecule has 3 heterocycles. The summed E-state index contributed by atoms with van der Waals surface area (Å²) >= 11 is 1.82. The molecule has 2 aliphatic rings. The van der Waals surface area contributed by atoms with Crippen molar-refractivity contribution in [3.05, 3.63) is 92.7 Å². The molecule has 3 amide bonds. The lowest BCUT2D eigenvalue weighted by Gasteiger charge is -2.32. The van der Waals surface area contributed by atoms with E-state index in [4.69, 9.17) is 0 Å². The van der Waals surface area contributed by atoms with E-state index in [9.17, 15) is 14.4 Å². The summed E-state index contributed by atoms with van der Waals surface area (Å²) in [6.07, 6.45) is 1.06. The number of amides is 3. The molecule has 2 aromatic carbocycles. The van der Waals surface area contributed by atoms with Crippen molar-refractivity contribution in [2.75, 3.05) is 13.1 Å². The molecular weight excluding hydrogens is 434 g/mol. The fraction of sp³-hybridized carbons (Fsp3) is 0.269. The molecule has 1 N–H and O–H groups in total. The lowest BCUT2D eigenvalue weighted by Crippen LogP contribution is -2.44. The van der Waals surface area contributed by atoms with Gasteiger partial charge in [-0.2, -0.15) is 0 Å². The van der Waals surface area contributed by atoms with Crippen LogP contribution in [0.25, 0.3) is 0 Å². The number of imide groups is 1. The standard InChI is InChI=1S/C26H25N3O3S/c1-17(28-11-9-23-20(16-28)10-12-33-23)14-27-24(30)19-6-4-5-18(13-19)15-29-25(31)21-7-2-3-8-22(21)26(29)32/h2-8,10,12-13,17H,9,11,14-16H2,1H3,(H,27,30). The first-order valence-corrected chi connectivity index (χ1v) is 12.0. The number of benzene rings is 2. The normalized spacial score (nSPS) is 16.5. The van der Waals surface area contributed by atoms with Gasteiger partial charge in [-0.3, -0.25) is 24.2 Å². The van der Waals surface area contributed by atoms with Gasteiger partial charge in [-0.25, -0.2) is 0 Å². The summed E-state index contributed by atoms with van der Waals surface area (Å²) < 4.78 is 0. The predicted molar refractivity (Wildman–Crippen MR) is 127 cm³/mol. The van der Waals surface area contributed by atoms with E-state index in [1.54, 1.807) is 42.5 Å². The summed E-state index contributed by atoms with van der Waals surface area (Å²) in [6.45, 7) is 4.75. The summed E-state index contributed by atoms with van der Waals surface area (Å²) in [6, 6.07) is 16.4. The second-order valence-electron chi connectivity index (χ2n) is 8.59. The Morgan fingerprint density at radius 3 is 2.58 bits per heavy atom. The molecule has 3 aromatic rings. The van der Waals surface area contributed by atoms with Crippen LogP contribution < -0.4 is 5.32 Å². The van der Waals surface area contributed by atoms with Gasteiger partial charge in [-0.1, -0.05) is 24.3 Å². The number of nitrogens with zero attached hydrogens (tertiary/aromatic N) is 2. The minimum Gasteiger partial charge on any atom is -0.350 e. The van der Waals surface area contributed by atoms with Crippen molar-refractivity contribution < 1.29 is 14.4 Å². The lowest BCUT2D eigenvalue weighted by atomic mass is 10.1. The highest BCUT2D eigenvalue weighted by atomic mass is 32.1. The van der Waals surface area contributed by atoms with Gasteiger partial charge in [0.2, 0.25) is 0 Å².